The number of hydrogen-bond donors (Lipinski definition) is 0. The second-order valence-electron chi connectivity index (χ2n) is 2.91. The number of rotatable bonds is 9. The van der Waals surface area contributed by atoms with Gasteiger partial charge in [-0.1, -0.05) is 0 Å². The quantitative estimate of drug-likeness (QED) is 0.344. The van der Waals surface area contributed by atoms with E-state index in [-0.39, 0.29) is 0 Å². The summed E-state index contributed by atoms with van der Waals surface area (Å²) in [6, 6.07) is 0. The Morgan fingerprint density at radius 2 is 1.32 bits per heavy atom. The van der Waals surface area contributed by atoms with Crippen molar-refractivity contribution in [1.29, 1.82) is 0 Å². The lowest BCUT2D eigenvalue weighted by Gasteiger charge is -2.01. The van der Waals surface area contributed by atoms with Crippen LogP contribution in [0.4, 0.5) is 0 Å². The third kappa shape index (κ3) is 5.98. The first kappa shape index (κ1) is 19.2. The van der Waals surface area contributed by atoms with Crippen molar-refractivity contribution in [3.8, 4) is 0 Å². The van der Waals surface area contributed by atoms with Crippen molar-refractivity contribution in [1.82, 2.24) is 0 Å². The van der Waals surface area contributed by atoms with Crippen molar-refractivity contribution in [2.24, 2.45) is 0 Å². The van der Waals surface area contributed by atoms with Crippen LogP contribution in [0.2, 0.25) is 6.55 Å². The molecule has 2 radical (unpaired) electrons. The van der Waals surface area contributed by atoms with E-state index in [1.165, 1.54) is 6.55 Å². The van der Waals surface area contributed by atoms with E-state index in [9.17, 15) is 35.7 Å². The van der Waals surface area contributed by atoms with E-state index in [0.717, 1.165) is 0 Å². The van der Waals surface area contributed by atoms with Crippen LogP contribution in [0.15, 0.2) is 0 Å². The van der Waals surface area contributed by atoms with Crippen LogP contribution in [0.25, 0.3) is 0 Å². The van der Waals surface area contributed by atoms with E-state index >= 15 is 0 Å². The Balaban J connectivity index is 4.88. The summed E-state index contributed by atoms with van der Waals surface area (Å²) in [4.78, 5) is 0. The summed E-state index contributed by atoms with van der Waals surface area (Å²) in [5.41, 5.74) is 0. The van der Waals surface area contributed by atoms with Crippen LogP contribution in [0.1, 0.15) is 0 Å². The Labute approximate surface area is 119 Å². The van der Waals surface area contributed by atoms with Gasteiger partial charge in [-0.05, 0) is 6.55 Å². The predicted octanol–water partition coefficient (Wildman–Crippen LogP) is -4.13. The van der Waals surface area contributed by atoms with Crippen LogP contribution in [-0.4, -0.2) is 73.4 Å². The molecule has 1 unspecified atom stereocenters. The van der Waals surface area contributed by atoms with Crippen LogP contribution in [0.3, 0.4) is 0 Å². The van der Waals surface area contributed by atoms with Gasteiger partial charge in [-0.2, -0.15) is 0 Å². The molecule has 0 aromatic carbocycles. The summed E-state index contributed by atoms with van der Waals surface area (Å²) in [6.45, 7) is 1.42. The molecule has 0 amide bonds. The van der Waals surface area contributed by atoms with Gasteiger partial charge in [0.15, 0.2) is 0 Å². The first-order valence-corrected chi connectivity index (χ1v) is 24.0. The fourth-order valence-corrected chi connectivity index (χ4v) is 53.5. The average molecular weight is 413 g/mol. The maximum Gasteiger partial charge on any atom is 0.532 e. The van der Waals surface area contributed by atoms with Gasteiger partial charge < -0.3 is 39.8 Å². The lowest BCUT2D eigenvalue weighted by atomic mass is 11.9. The zero-order valence-corrected chi connectivity index (χ0v) is 18.4. The average Bonchev–Trinajstić information content (AvgIpc) is 2.42. The molecule has 0 aromatic rings. The number of hydrogen-bond acceptors (Lipinski definition) is 9. The van der Waals surface area contributed by atoms with Crippen LogP contribution in [0, 0.1) is 0 Å². The van der Waals surface area contributed by atoms with E-state index in [4.69, 9.17) is 4.12 Å². The van der Waals surface area contributed by atoms with Crippen molar-refractivity contribution in [2.45, 2.75) is 6.55 Å². The fraction of sp³-hybridized carbons (Fsp3) is 1.00. The zero-order valence-electron chi connectivity index (χ0n) is 9.25. The third-order valence-electron chi connectivity index (χ3n) is 1.55. The standard InChI is InChI=1S/CH4O9Si9/c1-13(11-2)10-14(4)16(6)18(8)19(9)17(7)15(5)12-3/h13H,1H3. The molecule has 0 N–H and O–H groups in total. The maximum atomic E-state index is 11.6. The van der Waals surface area contributed by atoms with Crippen LogP contribution < -0.4 is 0 Å². The summed E-state index contributed by atoms with van der Waals surface area (Å²) in [5, 5.41) is 0. The molecule has 19 heavy (non-hydrogen) atoms. The molecule has 0 bridgehead atoms. The molecule has 0 heterocycles. The molecular formula is CH4O9Si9. The van der Waals surface area contributed by atoms with E-state index in [0.29, 0.717) is 0 Å². The van der Waals surface area contributed by atoms with Gasteiger partial charge in [0.05, 0.1) is 0 Å². The highest BCUT2D eigenvalue weighted by Gasteiger charge is 2.46. The molecule has 98 valence electrons. The van der Waals surface area contributed by atoms with Crippen molar-refractivity contribution in [2.75, 3.05) is 0 Å². The third-order valence-corrected chi connectivity index (χ3v) is 44.2. The van der Waals surface area contributed by atoms with Crippen molar-refractivity contribution in [3.05, 3.63) is 0 Å². The molecular weight excluding hydrogens is 409 g/mol. The Hall–Kier alpha value is 0.152. The van der Waals surface area contributed by atoms with E-state index in [1.54, 1.807) is 0 Å². The molecule has 0 aromatic heterocycles. The topological polar surface area (TPSA) is 146 Å². The second-order valence-corrected chi connectivity index (χ2v) is 35.6. The monoisotopic (exact) mass is 412 g/mol. The van der Waals surface area contributed by atoms with Gasteiger partial charge in [0.25, 0.3) is 8.56 Å². The van der Waals surface area contributed by atoms with Crippen LogP contribution in [-0.2, 0) is 39.8 Å². The fourth-order valence-electron chi connectivity index (χ4n) is 0.687. The minimum absolute atomic E-state index is 0.835. The molecule has 0 aliphatic heterocycles. The van der Waals surface area contributed by atoms with Crippen LogP contribution >= 0.6 is 0 Å². The van der Waals surface area contributed by atoms with Gasteiger partial charge in [-0.15, -0.1) is 0 Å². The van der Waals surface area contributed by atoms with E-state index in [1.807, 2.05) is 0 Å². The molecule has 0 rings (SSSR count). The van der Waals surface area contributed by atoms with Crippen molar-refractivity contribution in [3.63, 3.8) is 0 Å². The van der Waals surface area contributed by atoms with Crippen molar-refractivity contribution >= 4 is 73.4 Å². The Bertz CT molecular complexity index is 504. The highest BCUT2D eigenvalue weighted by molar-refractivity contribution is 7.69. The summed E-state index contributed by atoms with van der Waals surface area (Å²) >= 11 is 0. The minimum atomic E-state index is -3.45. The largest absolute Gasteiger partial charge is 0.577 e. The normalized spacial score (nSPS) is 10.8. The molecule has 0 aliphatic rings. The molecule has 18 heteroatoms. The van der Waals surface area contributed by atoms with Gasteiger partial charge in [0.2, 0.25) is 0 Å². The smallest absolute Gasteiger partial charge is 0.532 e. The Morgan fingerprint density at radius 1 is 0.842 bits per heavy atom. The molecule has 9 nitrogen and oxygen atoms in total. The first-order chi connectivity index (χ1) is 8.76. The highest BCUT2D eigenvalue weighted by atomic mass is 30.0. The lowest BCUT2D eigenvalue weighted by molar-refractivity contribution is 0.472. The van der Waals surface area contributed by atoms with Crippen LogP contribution in [0.5, 0.6) is 0 Å². The van der Waals surface area contributed by atoms with Gasteiger partial charge in [0, 0.05) is 0 Å². The molecule has 0 saturated carbocycles. The van der Waals surface area contributed by atoms with E-state index in [2.05, 4.69) is 0 Å². The highest BCUT2D eigenvalue weighted by Crippen LogP contribution is 1.85. The van der Waals surface area contributed by atoms with Gasteiger partial charge in [0.1, 0.15) is 0 Å². The first-order valence-electron chi connectivity index (χ1n) is 4.44. The minimum Gasteiger partial charge on any atom is -0.577 e. The molecule has 1 atom stereocenters. The SMILES string of the molecule is C[SiH](O[Si](=O)[Si](=O)[Si](=O)[Si](=O)[Si](=O)[Si](=O)[Si]=O)[Si]=O. The molecule has 0 fully saturated rings. The Kier molecular flexibility index (Phi) is 9.23. The maximum absolute atomic E-state index is 11.6. The molecule has 0 spiro atoms. The summed E-state index contributed by atoms with van der Waals surface area (Å²) in [7, 11) is -24.5. The zero-order chi connectivity index (χ0) is 15.2. The van der Waals surface area contributed by atoms with Gasteiger partial charge >= 0.3 is 64.9 Å². The van der Waals surface area contributed by atoms with Gasteiger partial charge in [-0.25, -0.2) is 0 Å². The summed E-state index contributed by atoms with van der Waals surface area (Å²) < 4.78 is 93.7. The van der Waals surface area contributed by atoms with Gasteiger partial charge in [-0.3, -0.25) is 0 Å². The second kappa shape index (κ2) is 9.15. The molecule has 0 saturated heterocycles. The summed E-state index contributed by atoms with van der Waals surface area (Å²) in [6.07, 6.45) is 0. The summed E-state index contributed by atoms with van der Waals surface area (Å²) in [5.74, 6) is 0. The lowest BCUT2D eigenvalue weighted by Crippen LogP contribution is -2.48. The van der Waals surface area contributed by atoms with Crippen molar-refractivity contribution < 1.29 is 39.8 Å². The Morgan fingerprint density at radius 3 is 1.74 bits per heavy atom. The predicted molar refractivity (Wildman–Crippen MR) is 65.6 cm³/mol. The molecule has 0 aliphatic carbocycles. The van der Waals surface area contributed by atoms with E-state index < -0.39 is 73.4 Å².